The minimum absolute atomic E-state index is 0.0133. The average Bonchev–Trinajstić information content (AvgIpc) is 2.49. The second kappa shape index (κ2) is 7.20. The summed E-state index contributed by atoms with van der Waals surface area (Å²) in [5.41, 5.74) is 0.801. The number of amides is 1. The number of halogens is 1. The molecule has 0 aromatic heterocycles. The fourth-order valence-electron chi connectivity index (χ4n) is 2.49. The van der Waals surface area contributed by atoms with Crippen LogP contribution in [0.3, 0.4) is 0 Å². The van der Waals surface area contributed by atoms with E-state index < -0.39 is 0 Å². The molecule has 20 heavy (non-hydrogen) atoms. The van der Waals surface area contributed by atoms with E-state index in [-0.39, 0.29) is 18.6 Å². The van der Waals surface area contributed by atoms with Gasteiger partial charge in [0.15, 0.2) is 0 Å². The van der Waals surface area contributed by atoms with Gasteiger partial charge in [0.2, 0.25) is 5.91 Å². The first-order chi connectivity index (χ1) is 9.61. The van der Waals surface area contributed by atoms with Crippen LogP contribution in [0.15, 0.2) is 28.7 Å². The Hall–Kier alpha value is -0.910. The number of para-hydroxylation sites is 1. The van der Waals surface area contributed by atoms with Crippen LogP contribution in [0.1, 0.15) is 19.8 Å². The maximum absolute atomic E-state index is 12.3. The third kappa shape index (κ3) is 3.81. The van der Waals surface area contributed by atoms with Gasteiger partial charge in [-0.05, 0) is 66.8 Å². The van der Waals surface area contributed by atoms with E-state index in [1.54, 1.807) is 0 Å². The monoisotopic (exact) mass is 340 g/mol. The summed E-state index contributed by atoms with van der Waals surface area (Å²) in [4.78, 5) is 14.5. The molecule has 1 aliphatic heterocycles. The Bertz CT molecular complexity index is 459. The van der Waals surface area contributed by atoms with Crippen LogP contribution < -0.4 is 5.32 Å². The Kier molecular flexibility index (Phi) is 5.57. The number of rotatable bonds is 4. The number of nitrogens with zero attached hydrogens (tertiary/aromatic N) is 1. The van der Waals surface area contributed by atoms with Gasteiger partial charge < -0.3 is 10.4 Å². The minimum atomic E-state index is -0.151. The van der Waals surface area contributed by atoms with Gasteiger partial charge in [0, 0.05) is 11.1 Å². The van der Waals surface area contributed by atoms with Crippen molar-refractivity contribution in [1.82, 2.24) is 4.90 Å². The van der Waals surface area contributed by atoms with Gasteiger partial charge in [-0.3, -0.25) is 9.69 Å². The third-order valence-electron chi connectivity index (χ3n) is 3.97. The van der Waals surface area contributed by atoms with Crippen LogP contribution in [-0.2, 0) is 4.79 Å². The number of anilines is 1. The number of likely N-dealkylation sites (tertiary alicyclic amines) is 1. The first kappa shape index (κ1) is 15.5. The molecule has 1 atom stereocenters. The van der Waals surface area contributed by atoms with Crippen LogP contribution >= 0.6 is 15.9 Å². The molecule has 0 spiro atoms. The predicted octanol–water partition coefficient (Wildman–Crippen LogP) is 2.48. The lowest BCUT2D eigenvalue weighted by molar-refractivity contribution is -0.121. The van der Waals surface area contributed by atoms with E-state index in [9.17, 15) is 4.79 Å². The highest BCUT2D eigenvalue weighted by Gasteiger charge is 2.26. The van der Waals surface area contributed by atoms with Crippen molar-refractivity contribution in [2.75, 3.05) is 25.0 Å². The number of aliphatic hydroxyl groups is 1. The number of carbonyl (C=O) groups excluding carboxylic acids is 1. The lowest BCUT2D eigenvalue weighted by Gasteiger charge is -2.34. The molecular weight excluding hydrogens is 320 g/mol. The zero-order chi connectivity index (χ0) is 14.5. The Morgan fingerprint density at radius 3 is 2.70 bits per heavy atom. The van der Waals surface area contributed by atoms with Gasteiger partial charge in [-0.2, -0.15) is 0 Å². The highest BCUT2D eigenvalue weighted by Crippen LogP contribution is 2.23. The van der Waals surface area contributed by atoms with Crippen molar-refractivity contribution in [2.45, 2.75) is 25.8 Å². The number of benzene rings is 1. The summed E-state index contributed by atoms with van der Waals surface area (Å²) in [6, 6.07) is 7.46. The van der Waals surface area contributed by atoms with Gasteiger partial charge >= 0.3 is 0 Å². The van der Waals surface area contributed by atoms with E-state index >= 15 is 0 Å². The van der Waals surface area contributed by atoms with Crippen molar-refractivity contribution >= 4 is 27.5 Å². The summed E-state index contributed by atoms with van der Waals surface area (Å²) in [5, 5.41) is 12.1. The van der Waals surface area contributed by atoms with E-state index in [0.717, 1.165) is 36.1 Å². The van der Waals surface area contributed by atoms with Crippen molar-refractivity contribution in [1.29, 1.82) is 0 Å². The number of hydrogen-bond acceptors (Lipinski definition) is 3. The second-order valence-corrected chi connectivity index (χ2v) is 6.16. The first-order valence-corrected chi connectivity index (χ1v) is 7.81. The van der Waals surface area contributed by atoms with Crippen LogP contribution in [-0.4, -0.2) is 41.7 Å². The van der Waals surface area contributed by atoms with E-state index in [1.807, 2.05) is 31.2 Å². The normalized spacial score (nSPS) is 18.8. The molecular formula is C15H21BrN2O2. The zero-order valence-electron chi connectivity index (χ0n) is 11.7. The van der Waals surface area contributed by atoms with Gasteiger partial charge in [0.1, 0.15) is 0 Å². The molecule has 0 aliphatic carbocycles. The number of nitrogens with one attached hydrogen (secondary N) is 1. The Morgan fingerprint density at radius 1 is 1.45 bits per heavy atom. The molecule has 0 bridgehead atoms. The molecule has 5 heteroatoms. The first-order valence-electron chi connectivity index (χ1n) is 7.02. The molecule has 2 N–H and O–H groups in total. The fourth-order valence-corrected chi connectivity index (χ4v) is 2.87. The zero-order valence-corrected chi connectivity index (χ0v) is 13.3. The summed E-state index contributed by atoms with van der Waals surface area (Å²) in [7, 11) is 0. The highest BCUT2D eigenvalue weighted by atomic mass is 79.9. The van der Waals surface area contributed by atoms with Gasteiger partial charge in [-0.1, -0.05) is 12.1 Å². The van der Waals surface area contributed by atoms with E-state index in [4.69, 9.17) is 5.11 Å². The Labute approximate surface area is 128 Å². The van der Waals surface area contributed by atoms with Crippen molar-refractivity contribution in [3.05, 3.63) is 28.7 Å². The third-order valence-corrected chi connectivity index (χ3v) is 4.66. The van der Waals surface area contributed by atoms with E-state index in [2.05, 4.69) is 26.1 Å². The maximum Gasteiger partial charge on any atom is 0.241 e. The highest BCUT2D eigenvalue weighted by molar-refractivity contribution is 9.10. The van der Waals surface area contributed by atoms with E-state index in [0.29, 0.717) is 5.92 Å². The summed E-state index contributed by atoms with van der Waals surface area (Å²) in [6.45, 7) is 3.93. The molecule has 1 amide bonds. The molecule has 2 rings (SSSR count). The number of piperidine rings is 1. The quantitative estimate of drug-likeness (QED) is 0.885. The van der Waals surface area contributed by atoms with Crippen LogP contribution in [0.2, 0.25) is 0 Å². The van der Waals surface area contributed by atoms with Crippen LogP contribution in [0.4, 0.5) is 5.69 Å². The van der Waals surface area contributed by atoms with Gasteiger partial charge in [0.25, 0.3) is 0 Å². The summed E-state index contributed by atoms with van der Waals surface area (Å²) >= 11 is 3.43. The number of hydrogen-bond donors (Lipinski definition) is 2. The van der Waals surface area contributed by atoms with Crippen molar-refractivity contribution in [3.8, 4) is 0 Å². The molecule has 4 nitrogen and oxygen atoms in total. The average molecular weight is 341 g/mol. The van der Waals surface area contributed by atoms with Crippen LogP contribution in [0.5, 0.6) is 0 Å². The minimum Gasteiger partial charge on any atom is -0.396 e. The van der Waals surface area contributed by atoms with Crippen molar-refractivity contribution < 1.29 is 9.90 Å². The Balaban J connectivity index is 1.91. The van der Waals surface area contributed by atoms with Crippen LogP contribution in [0.25, 0.3) is 0 Å². The van der Waals surface area contributed by atoms with E-state index in [1.165, 1.54) is 0 Å². The molecule has 1 aliphatic rings. The fraction of sp³-hybridized carbons (Fsp3) is 0.533. The SMILES string of the molecule is CC(C(=O)Nc1ccccc1Br)N1CCC(CO)CC1. The predicted molar refractivity (Wildman–Crippen MR) is 83.6 cm³/mol. The van der Waals surface area contributed by atoms with Crippen LogP contribution in [0, 0.1) is 5.92 Å². The molecule has 1 unspecified atom stereocenters. The Morgan fingerprint density at radius 2 is 2.10 bits per heavy atom. The number of aliphatic hydroxyl groups excluding tert-OH is 1. The van der Waals surface area contributed by atoms with Crippen molar-refractivity contribution in [3.63, 3.8) is 0 Å². The molecule has 0 radical (unpaired) electrons. The standard InChI is InChI=1S/C15H21BrN2O2/c1-11(18-8-6-12(10-19)7-9-18)15(20)17-14-5-3-2-4-13(14)16/h2-5,11-12,19H,6-10H2,1H3,(H,17,20). The van der Waals surface area contributed by atoms with Gasteiger partial charge in [-0.15, -0.1) is 0 Å². The summed E-state index contributed by atoms with van der Waals surface area (Å²) in [6.07, 6.45) is 1.92. The smallest absolute Gasteiger partial charge is 0.241 e. The molecule has 0 saturated carbocycles. The summed E-state index contributed by atoms with van der Waals surface area (Å²) in [5.74, 6) is 0.407. The maximum atomic E-state index is 12.3. The van der Waals surface area contributed by atoms with Gasteiger partial charge in [-0.25, -0.2) is 0 Å². The molecule has 1 heterocycles. The molecule has 1 fully saturated rings. The molecule has 110 valence electrons. The second-order valence-electron chi connectivity index (χ2n) is 5.31. The largest absolute Gasteiger partial charge is 0.396 e. The van der Waals surface area contributed by atoms with Crippen molar-refractivity contribution in [2.24, 2.45) is 5.92 Å². The molecule has 1 saturated heterocycles. The molecule has 1 aromatic carbocycles. The lowest BCUT2D eigenvalue weighted by Crippen LogP contribution is -2.46. The summed E-state index contributed by atoms with van der Waals surface area (Å²) < 4.78 is 0.888. The lowest BCUT2D eigenvalue weighted by atomic mass is 9.97. The van der Waals surface area contributed by atoms with Gasteiger partial charge in [0.05, 0.1) is 11.7 Å². The molecule has 1 aromatic rings. The number of carbonyl (C=O) groups is 1. The topological polar surface area (TPSA) is 52.6 Å².